The van der Waals surface area contributed by atoms with Crippen molar-refractivity contribution >= 4 is 15.7 Å². The van der Waals surface area contributed by atoms with Crippen molar-refractivity contribution in [2.75, 3.05) is 25.4 Å². The van der Waals surface area contributed by atoms with Crippen molar-refractivity contribution in [1.29, 1.82) is 0 Å². The molecule has 0 aromatic heterocycles. The Morgan fingerprint density at radius 2 is 2.05 bits per heavy atom. The predicted octanol–water partition coefficient (Wildman–Crippen LogP) is 0.820. The van der Waals surface area contributed by atoms with E-state index >= 15 is 0 Å². The lowest BCUT2D eigenvalue weighted by molar-refractivity contribution is 0.0939. The van der Waals surface area contributed by atoms with Crippen LogP contribution in [0.2, 0.25) is 0 Å². The highest BCUT2D eigenvalue weighted by molar-refractivity contribution is 7.91. The summed E-state index contributed by atoms with van der Waals surface area (Å²) < 4.78 is 24.3. The van der Waals surface area contributed by atoms with Crippen molar-refractivity contribution in [1.82, 2.24) is 10.6 Å². The van der Waals surface area contributed by atoms with Crippen LogP contribution in [0.15, 0.2) is 29.2 Å². The average molecular weight is 296 g/mol. The summed E-state index contributed by atoms with van der Waals surface area (Å²) in [5, 5.41) is 5.94. The minimum Gasteiger partial charge on any atom is -0.352 e. The van der Waals surface area contributed by atoms with Gasteiger partial charge in [-0.1, -0.05) is 19.1 Å². The molecular formula is C14H20N2O3S. The van der Waals surface area contributed by atoms with E-state index in [0.29, 0.717) is 18.9 Å². The largest absolute Gasteiger partial charge is 0.352 e. The number of carbonyl (C=O) groups excluding carboxylic acids is 1. The molecule has 5 nitrogen and oxygen atoms in total. The molecule has 1 aromatic carbocycles. The molecule has 0 radical (unpaired) electrons. The van der Waals surface area contributed by atoms with Crippen LogP contribution < -0.4 is 10.6 Å². The topological polar surface area (TPSA) is 75.3 Å². The molecule has 1 amide bonds. The normalized spacial score (nSPS) is 15.7. The third-order valence-electron chi connectivity index (χ3n) is 3.36. The van der Waals surface area contributed by atoms with Gasteiger partial charge in [0.05, 0.1) is 16.2 Å². The zero-order valence-corrected chi connectivity index (χ0v) is 12.4. The third kappa shape index (κ3) is 3.37. The summed E-state index contributed by atoms with van der Waals surface area (Å²) in [6.45, 7) is 4.18. The smallest absolute Gasteiger partial charge is 0.252 e. The van der Waals surface area contributed by atoms with Gasteiger partial charge in [-0.15, -0.1) is 0 Å². The Bertz CT molecular complexity index is 580. The molecule has 0 unspecified atom stereocenters. The molecule has 0 aliphatic carbocycles. The zero-order valence-electron chi connectivity index (χ0n) is 11.6. The summed E-state index contributed by atoms with van der Waals surface area (Å²) in [5.74, 6) is 0.189. The van der Waals surface area contributed by atoms with Crippen LogP contribution in [0.3, 0.4) is 0 Å². The fourth-order valence-electron chi connectivity index (χ4n) is 2.13. The molecule has 1 heterocycles. The molecule has 2 rings (SSSR count). The van der Waals surface area contributed by atoms with Crippen LogP contribution in [0.1, 0.15) is 23.7 Å². The highest BCUT2D eigenvalue weighted by atomic mass is 32.2. The highest BCUT2D eigenvalue weighted by Gasteiger charge is 2.23. The Morgan fingerprint density at radius 3 is 2.65 bits per heavy atom. The lowest BCUT2D eigenvalue weighted by atomic mass is 10.0. The second-order valence-corrected chi connectivity index (χ2v) is 7.13. The van der Waals surface area contributed by atoms with Gasteiger partial charge in [-0.3, -0.25) is 4.79 Å². The summed E-state index contributed by atoms with van der Waals surface area (Å²) >= 11 is 0. The summed E-state index contributed by atoms with van der Waals surface area (Å²) in [6, 6.07) is 6.40. The van der Waals surface area contributed by atoms with Crippen LogP contribution in [0, 0.1) is 5.92 Å². The van der Waals surface area contributed by atoms with E-state index in [1.807, 2.05) is 6.92 Å². The first kappa shape index (κ1) is 15.0. The first-order chi connectivity index (χ1) is 9.54. The lowest BCUT2D eigenvalue weighted by Gasteiger charge is -2.27. The molecule has 0 spiro atoms. The molecule has 1 aliphatic rings. The lowest BCUT2D eigenvalue weighted by Crippen LogP contribution is -2.48. The Hall–Kier alpha value is -1.40. The van der Waals surface area contributed by atoms with E-state index in [9.17, 15) is 13.2 Å². The van der Waals surface area contributed by atoms with E-state index < -0.39 is 9.84 Å². The number of nitrogens with one attached hydrogen (secondary N) is 2. The van der Waals surface area contributed by atoms with E-state index in [0.717, 1.165) is 13.1 Å². The van der Waals surface area contributed by atoms with E-state index in [1.54, 1.807) is 18.2 Å². The van der Waals surface area contributed by atoms with E-state index in [4.69, 9.17) is 0 Å². The molecule has 1 fully saturated rings. The molecule has 20 heavy (non-hydrogen) atoms. The standard InChI is InChI=1S/C14H20N2O3S/c1-2-7-20(18,19)13-6-4-3-5-12(13)14(17)16-10-11-8-15-9-11/h3-6,11,15H,2,7-10H2,1H3,(H,16,17). The SMILES string of the molecule is CCCS(=O)(=O)c1ccccc1C(=O)NCC1CNC1. The Morgan fingerprint density at radius 1 is 1.35 bits per heavy atom. The number of carbonyl (C=O) groups is 1. The van der Waals surface area contributed by atoms with Crippen molar-refractivity contribution in [3.05, 3.63) is 29.8 Å². The third-order valence-corrected chi connectivity index (χ3v) is 5.33. The average Bonchev–Trinajstić information content (AvgIpc) is 2.36. The van der Waals surface area contributed by atoms with Crippen molar-refractivity contribution < 1.29 is 13.2 Å². The number of amides is 1. The van der Waals surface area contributed by atoms with E-state index in [1.165, 1.54) is 6.07 Å². The van der Waals surface area contributed by atoms with Crippen LogP contribution in [-0.2, 0) is 9.84 Å². The van der Waals surface area contributed by atoms with Crippen LogP contribution in [0.25, 0.3) is 0 Å². The second kappa shape index (κ2) is 6.37. The van der Waals surface area contributed by atoms with Crippen molar-refractivity contribution in [3.8, 4) is 0 Å². The van der Waals surface area contributed by atoms with Gasteiger partial charge < -0.3 is 10.6 Å². The van der Waals surface area contributed by atoms with Gasteiger partial charge in [0.1, 0.15) is 0 Å². The van der Waals surface area contributed by atoms with Gasteiger partial charge in [-0.2, -0.15) is 0 Å². The first-order valence-corrected chi connectivity index (χ1v) is 8.50. The van der Waals surface area contributed by atoms with Gasteiger partial charge in [0.25, 0.3) is 5.91 Å². The molecule has 1 aliphatic heterocycles. The number of hydrogen-bond donors (Lipinski definition) is 2. The van der Waals surface area contributed by atoms with E-state index in [2.05, 4.69) is 10.6 Å². The Kier molecular flexibility index (Phi) is 4.77. The van der Waals surface area contributed by atoms with Crippen LogP contribution in [0.4, 0.5) is 0 Å². The number of hydrogen-bond acceptors (Lipinski definition) is 4. The maximum atomic E-state index is 12.2. The summed E-state index contributed by atoms with van der Waals surface area (Å²) in [5.41, 5.74) is 0.244. The first-order valence-electron chi connectivity index (χ1n) is 6.85. The molecule has 0 bridgehead atoms. The van der Waals surface area contributed by atoms with Crippen LogP contribution in [0.5, 0.6) is 0 Å². The van der Waals surface area contributed by atoms with Crippen LogP contribution >= 0.6 is 0 Å². The van der Waals surface area contributed by atoms with Gasteiger partial charge in [-0.25, -0.2) is 8.42 Å². The number of sulfone groups is 1. The zero-order chi connectivity index (χ0) is 14.6. The van der Waals surface area contributed by atoms with Gasteiger partial charge in [0.15, 0.2) is 9.84 Å². The molecule has 1 saturated heterocycles. The fraction of sp³-hybridized carbons (Fsp3) is 0.500. The highest BCUT2D eigenvalue weighted by Crippen LogP contribution is 2.18. The molecule has 0 saturated carbocycles. The van der Waals surface area contributed by atoms with Crippen molar-refractivity contribution in [2.24, 2.45) is 5.92 Å². The second-order valence-electron chi connectivity index (χ2n) is 5.05. The monoisotopic (exact) mass is 296 g/mol. The fourth-order valence-corrected chi connectivity index (χ4v) is 3.67. The summed E-state index contributed by atoms with van der Waals surface area (Å²) in [6.07, 6.45) is 0.534. The molecule has 2 N–H and O–H groups in total. The number of rotatable bonds is 6. The van der Waals surface area contributed by atoms with Gasteiger partial charge in [0.2, 0.25) is 0 Å². The van der Waals surface area contributed by atoms with E-state index in [-0.39, 0.29) is 22.1 Å². The Labute approximate surface area is 119 Å². The summed E-state index contributed by atoms with van der Waals surface area (Å²) in [7, 11) is -3.39. The molecular weight excluding hydrogens is 276 g/mol. The van der Waals surface area contributed by atoms with Crippen molar-refractivity contribution in [2.45, 2.75) is 18.2 Å². The van der Waals surface area contributed by atoms with Gasteiger partial charge >= 0.3 is 0 Å². The van der Waals surface area contributed by atoms with Crippen molar-refractivity contribution in [3.63, 3.8) is 0 Å². The number of benzene rings is 1. The van der Waals surface area contributed by atoms with Gasteiger partial charge in [0, 0.05) is 25.6 Å². The minimum atomic E-state index is -3.39. The maximum Gasteiger partial charge on any atom is 0.252 e. The molecule has 1 aromatic rings. The molecule has 110 valence electrons. The quantitative estimate of drug-likeness (QED) is 0.815. The molecule has 6 heteroatoms. The van der Waals surface area contributed by atoms with Crippen LogP contribution in [-0.4, -0.2) is 39.7 Å². The maximum absolute atomic E-state index is 12.2. The Balaban J connectivity index is 2.16. The van der Waals surface area contributed by atoms with Gasteiger partial charge in [-0.05, 0) is 18.6 Å². The minimum absolute atomic E-state index is 0.0594. The molecule has 0 atom stereocenters. The predicted molar refractivity (Wildman–Crippen MR) is 77.5 cm³/mol. The summed E-state index contributed by atoms with van der Waals surface area (Å²) in [4.78, 5) is 12.3.